The first-order valence-electron chi connectivity index (χ1n) is 7.44. The highest BCUT2D eigenvalue weighted by Crippen LogP contribution is 2.23. The molecule has 0 aliphatic heterocycles. The van der Waals surface area contributed by atoms with Gasteiger partial charge >= 0.3 is 0 Å². The number of amides is 1. The van der Waals surface area contributed by atoms with E-state index in [9.17, 15) is 4.79 Å². The van der Waals surface area contributed by atoms with Crippen molar-refractivity contribution in [2.75, 3.05) is 18.4 Å². The van der Waals surface area contributed by atoms with Crippen molar-refractivity contribution >= 4 is 38.9 Å². The van der Waals surface area contributed by atoms with Gasteiger partial charge in [0.05, 0.1) is 22.8 Å². The fraction of sp³-hybridized carbons (Fsp3) is 0.222. The average molecular weight is 404 g/mol. The van der Waals surface area contributed by atoms with E-state index in [1.54, 1.807) is 17.4 Å². The molecule has 4 nitrogen and oxygen atoms in total. The standard InChI is InChI=1S/C18H18BrN3OS/c1-2-11-22(12-16-7-8-17(19)24-16)13-18(23)21-15-5-3-14(4-6-15)9-10-20/h2-8H,1,9,11-13H2,(H,21,23). The molecular formula is C18H18BrN3OS. The minimum absolute atomic E-state index is 0.0690. The Kier molecular flexibility index (Phi) is 7.19. The molecule has 0 spiro atoms. The number of carbonyl (C=O) groups excluding carboxylic acids is 1. The first-order valence-corrected chi connectivity index (χ1v) is 9.05. The Morgan fingerprint density at radius 3 is 2.67 bits per heavy atom. The van der Waals surface area contributed by atoms with Crippen molar-refractivity contribution in [1.82, 2.24) is 4.90 Å². The number of hydrogen-bond donors (Lipinski definition) is 1. The number of benzene rings is 1. The van der Waals surface area contributed by atoms with Gasteiger partial charge in [0.2, 0.25) is 5.91 Å². The normalized spacial score (nSPS) is 10.4. The van der Waals surface area contributed by atoms with E-state index in [4.69, 9.17) is 5.26 Å². The summed E-state index contributed by atoms with van der Waals surface area (Å²) < 4.78 is 1.08. The molecule has 2 rings (SSSR count). The number of hydrogen-bond acceptors (Lipinski definition) is 4. The Balaban J connectivity index is 1.92. The van der Waals surface area contributed by atoms with Crippen molar-refractivity contribution < 1.29 is 4.79 Å². The van der Waals surface area contributed by atoms with E-state index >= 15 is 0 Å². The van der Waals surface area contributed by atoms with Gasteiger partial charge in [-0.1, -0.05) is 18.2 Å². The number of nitrogens with one attached hydrogen (secondary N) is 1. The van der Waals surface area contributed by atoms with Gasteiger partial charge < -0.3 is 5.32 Å². The number of nitrogens with zero attached hydrogens (tertiary/aromatic N) is 2. The van der Waals surface area contributed by atoms with Crippen LogP contribution in [0.5, 0.6) is 0 Å². The zero-order valence-corrected chi connectivity index (χ0v) is 15.6. The van der Waals surface area contributed by atoms with Crippen molar-refractivity contribution in [1.29, 1.82) is 5.26 Å². The molecule has 0 atom stereocenters. The monoisotopic (exact) mass is 403 g/mol. The van der Waals surface area contributed by atoms with E-state index in [1.165, 1.54) is 4.88 Å². The molecular weight excluding hydrogens is 386 g/mol. The molecule has 0 radical (unpaired) electrons. The maximum absolute atomic E-state index is 12.3. The van der Waals surface area contributed by atoms with Crippen LogP contribution in [0.2, 0.25) is 0 Å². The molecule has 0 saturated carbocycles. The van der Waals surface area contributed by atoms with Crippen LogP contribution in [0.15, 0.2) is 52.8 Å². The summed E-state index contributed by atoms with van der Waals surface area (Å²) in [5.74, 6) is -0.0690. The van der Waals surface area contributed by atoms with Crippen LogP contribution < -0.4 is 5.32 Å². The Morgan fingerprint density at radius 1 is 1.33 bits per heavy atom. The molecule has 1 amide bonds. The van der Waals surface area contributed by atoms with Crippen LogP contribution in [0, 0.1) is 11.3 Å². The van der Waals surface area contributed by atoms with Gasteiger partial charge in [0.15, 0.2) is 0 Å². The second-order valence-corrected chi connectivity index (χ2v) is 7.79. The highest BCUT2D eigenvalue weighted by atomic mass is 79.9. The van der Waals surface area contributed by atoms with Crippen molar-refractivity contribution in [3.8, 4) is 6.07 Å². The number of nitriles is 1. The first kappa shape index (κ1) is 18.4. The average Bonchev–Trinajstić information content (AvgIpc) is 2.95. The molecule has 0 bridgehead atoms. The van der Waals surface area contributed by atoms with Gasteiger partial charge in [-0.15, -0.1) is 17.9 Å². The molecule has 0 fully saturated rings. The molecule has 1 aromatic heterocycles. The van der Waals surface area contributed by atoms with Crippen LogP contribution in [-0.2, 0) is 17.8 Å². The zero-order valence-electron chi connectivity index (χ0n) is 13.2. The van der Waals surface area contributed by atoms with Gasteiger partial charge in [0.1, 0.15) is 0 Å². The highest BCUT2D eigenvalue weighted by molar-refractivity contribution is 9.11. The van der Waals surface area contributed by atoms with Crippen LogP contribution in [0.1, 0.15) is 10.4 Å². The maximum atomic E-state index is 12.3. The van der Waals surface area contributed by atoms with Gasteiger partial charge in [-0.25, -0.2) is 0 Å². The lowest BCUT2D eigenvalue weighted by molar-refractivity contribution is -0.117. The van der Waals surface area contributed by atoms with E-state index in [-0.39, 0.29) is 5.91 Å². The summed E-state index contributed by atoms with van der Waals surface area (Å²) in [7, 11) is 0. The summed E-state index contributed by atoms with van der Waals surface area (Å²) in [5.41, 5.74) is 1.67. The molecule has 0 aliphatic rings. The smallest absolute Gasteiger partial charge is 0.238 e. The van der Waals surface area contributed by atoms with Crippen molar-refractivity contribution in [3.05, 3.63) is 63.3 Å². The Bertz CT molecular complexity index is 733. The number of halogens is 1. The largest absolute Gasteiger partial charge is 0.325 e. The Morgan fingerprint density at radius 2 is 2.08 bits per heavy atom. The molecule has 0 unspecified atom stereocenters. The molecule has 0 aliphatic carbocycles. The summed E-state index contributed by atoms with van der Waals surface area (Å²) >= 11 is 5.12. The predicted octanol–water partition coefficient (Wildman–Crippen LogP) is 4.20. The van der Waals surface area contributed by atoms with Gasteiger partial charge in [-0.05, 0) is 45.8 Å². The third kappa shape index (κ3) is 5.93. The van der Waals surface area contributed by atoms with Crippen molar-refractivity contribution in [2.24, 2.45) is 0 Å². The zero-order chi connectivity index (χ0) is 17.4. The number of carbonyl (C=O) groups is 1. The quantitative estimate of drug-likeness (QED) is 0.671. The molecule has 124 valence electrons. The van der Waals surface area contributed by atoms with Crippen LogP contribution >= 0.6 is 27.3 Å². The number of rotatable bonds is 8. The summed E-state index contributed by atoms with van der Waals surface area (Å²) in [6, 6.07) is 13.5. The third-order valence-corrected chi connectivity index (χ3v) is 4.89. The van der Waals surface area contributed by atoms with E-state index < -0.39 is 0 Å². The van der Waals surface area contributed by atoms with Crippen LogP contribution in [-0.4, -0.2) is 23.9 Å². The number of thiophene rings is 1. The summed E-state index contributed by atoms with van der Waals surface area (Å²) in [6.45, 7) is 5.40. The lowest BCUT2D eigenvalue weighted by Gasteiger charge is -2.19. The lowest BCUT2D eigenvalue weighted by atomic mass is 10.1. The summed E-state index contributed by atoms with van der Waals surface area (Å²) in [4.78, 5) is 15.5. The van der Waals surface area contributed by atoms with E-state index in [0.717, 1.165) is 15.0 Å². The molecule has 24 heavy (non-hydrogen) atoms. The second kappa shape index (κ2) is 9.38. The maximum Gasteiger partial charge on any atom is 0.238 e. The second-order valence-electron chi connectivity index (χ2n) is 5.24. The lowest BCUT2D eigenvalue weighted by Crippen LogP contribution is -2.32. The molecule has 6 heteroatoms. The van der Waals surface area contributed by atoms with Gasteiger partial charge in [-0.2, -0.15) is 5.26 Å². The Hall–Kier alpha value is -1.94. The van der Waals surface area contributed by atoms with Gasteiger partial charge in [0.25, 0.3) is 0 Å². The number of anilines is 1. The minimum atomic E-state index is -0.0690. The van der Waals surface area contributed by atoms with E-state index in [0.29, 0.717) is 26.1 Å². The van der Waals surface area contributed by atoms with Crippen LogP contribution in [0.4, 0.5) is 5.69 Å². The fourth-order valence-corrected chi connectivity index (χ4v) is 3.75. The third-order valence-electron chi connectivity index (χ3n) is 3.28. The first-order chi connectivity index (χ1) is 11.6. The van der Waals surface area contributed by atoms with Gasteiger partial charge in [-0.3, -0.25) is 9.69 Å². The van der Waals surface area contributed by atoms with E-state index in [2.05, 4.69) is 40.0 Å². The molecule has 2 aromatic rings. The highest BCUT2D eigenvalue weighted by Gasteiger charge is 2.11. The fourth-order valence-electron chi connectivity index (χ4n) is 2.23. The topological polar surface area (TPSA) is 56.1 Å². The Labute approximate surface area is 154 Å². The summed E-state index contributed by atoms with van der Waals surface area (Å²) in [6.07, 6.45) is 2.17. The molecule has 1 N–H and O–H groups in total. The predicted molar refractivity (Wildman–Crippen MR) is 102 cm³/mol. The molecule has 1 aromatic carbocycles. The summed E-state index contributed by atoms with van der Waals surface area (Å²) in [5, 5.41) is 11.6. The van der Waals surface area contributed by atoms with Crippen molar-refractivity contribution in [2.45, 2.75) is 13.0 Å². The molecule has 1 heterocycles. The van der Waals surface area contributed by atoms with Crippen LogP contribution in [0.25, 0.3) is 0 Å². The van der Waals surface area contributed by atoms with Crippen LogP contribution in [0.3, 0.4) is 0 Å². The van der Waals surface area contributed by atoms with Gasteiger partial charge in [0, 0.05) is 23.7 Å². The van der Waals surface area contributed by atoms with Crippen molar-refractivity contribution in [3.63, 3.8) is 0 Å². The SMILES string of the molecule is C=CCN(CC(=O)Nc1ccc(CC#N)cc1)Cc1ccc(Br)s1. The minimum Gasteiger partial charge on any atom is -0.325 e. The van der Waals surface area contributed by atoms with E-state index in [1.807, 2.05) is 35.2 Å². The molecule has 0 saturated heterocycles.